The fraction of sp³-hybridized carbons (Fsp3) is 1.00. The topological polar surface area (TPSA) is 23.1 Å². The van der Waals surface area contributed by atoms with E-state index in [-0.39, 0.29) is 57.5 Å². The molecular formula is C11H19KO. The first-order valence-corrected chi connectivity index (χ1v) is 5.47. The van der Waals surface area contributed by atoms with Crippen molar-refractivity contribution in [3.8, 4) is 0 Å². The van der Waals surface area contributed by atoms with Gasteiger partial charge in [0.25, 0.3) is 0 Å². The maximum absolute atomic E-state index is 11.2. The summed E-state index contributed by atoms with van der Waals surface area (Å²) in [7, 11) is 0. The molecule has 0 aliphatic heterocycles. The molecule has 2 heteroatoms. The Morgan fingerprint density at radius 1 is 0.846 bits per heavy atom. The van der Waals surface area contributed by atoms with Crippen molar-refractivity contribution < 1.29 is 56.5 Å². The van der Waals surface area contributed by atoms with Crippen LogP contribution >= 0.6 is 0 Å². The zero-order valence-corrected chi connectivity index (χ0v) is 12.0. The molecule has 0 aromatic rings. The third kappa shape index (κ3) is 3.28. The van der Waals surface area contributed by atoms with Gasteiger partial charge in [0.2, 0.25) is 0 Å². The zero-order chi connectivity index (χ0) is 8.44. The van der Waals surface area contributed by atoms with E-state index in [0.29, 0.717) is 5.41 Å². The normalized spacial score (nSPS) is 28.4. The molecule has 13 heavy (non-hydrogen) atoms. The van der Waals surface area contributed by atoms with Crippen LogP contribution in [0.4, 0.5) is 0 Å². The van der Waals surface area contributed by atoms with Crippen LogP contribution in [0.15, 0.2) is 0 Å². The van der Waals surface area contributed by atoms with Crippen LogP contribution in [0.3, 0.4) is 0 Å². The second-order valence-corrected chi connectivity index (χ2v) is 4.76. The minimum atomic E-state index is -0.224. The number of hydrogen-bond acceptors (Lipinski definition) is 1. The van der Waals surface area contributed by atoms with Gasteiger partial charge in [0.1, 0.15) is 0 Å². The van der Waals surface area contributed by atoms with Crippen LogP contribution < -0.4 is 56.5 Å². The van der Waals surface area contributed by atoms with Crippen LogP contribution in [-0.2, 0) is 0 Å². The summed E-state index contributed by atoms with van der Waals surface area (Å²) in [6.07, 6.45) is 11.3. The number of rotatable bonds is 0. The van der Waals surface area contributed by atoms with Crippen molar-refractivity contribution in [3.05, 3.63) is 0 Å². The van der Waals surface area contributed by atoms with Crippen molar-refractivity contribution in [2.24, 2.45) is 5.41 Å². The molecule has 0 atom stereocenters. The molecule has 0 heterocycles. The molecule has 2 rings (SSSR count). The van der Waals surface area contributed by atoms with Gasteiger partial charge in [0.05, 0.1) is 0 Å². The fourth-order valence-electron chi connectivity index (χ4n) is 3.01. The van der Waals surface area contributed by atoms with Gasteiger partial charge in [-0.1, -0.05) is 32.1 Å². The average molecular weight is 206 g/mol. The van der Waals surface area contributed by atoms with Crippen LogP contribution in [0.5, 0.6) is 0 Å². The van der Waals surface area contributed by atoms with Gasteiger partial charge >= 0.3 is 51.4 Å². The summed E-state index contributed by atoms with van der Waals surface area (Å²) in [6.45, 7) is 0. The van der Waals surface area contributed by atoms with Crippen LogP contribution in [0.1, 0.15) is 57.8 Å². The van der Waals surface area contributed by atoms with E-state index in [1.54, 1.807) is 0 Å². The Hall–Kier alpha value is 1.60. The summed E-state index contributed by atoms with van der Waals surface area (Å²) in [4.78, 5) is 0. The predicted octanol–water partition coefficient (Wildman–Crippen LogP) is -0.756. The summed E-state index contributed by atoms with van der Waals surface area (Å²) in [5.41, 5.74) is 0.638. The van der Waals surface area contributed by atoms with E-state index in [9.17, 15) is 5.11 Å². The SMILES string of the molecule is [K+].[O-]C1CCC2(CCCCC2)CC1. The molecule has 0 aromatic carbocycles. The second-order valence-electron chi connectivity index (χ2n) is 4.76. The van der Waals surface area contributed by atoms with Crippen LogP contribution in [0, 0.1) is 5.41 Å². The van der Waals surface area contributed by atoms with Crippen molar-refractivity contribution in [2.75, 3.05) is 0 Å². The second kappa shape index (κ2) is 5.62. The summed E-state index contributed by atoms with van der Waals surface area (Å²) >= 11 is 0. The molecule has 0 radical (unpaired) electrons. The largest absolute Gasteiger partial charge is 1.00 e. The van der Waals surface area contributed by atoms with Crippen molar-refractivity contribution in [3.63, 3.8) is 0 Å². The molecule has 2 aliphatic rings. The van der Waals surface area contributed by atoms with Gasteiger partial charge in [-0.25, -0.2) is 0 Å². The summed E-state index contributed by atoms with van der Waals surface area (Å²) < 4.78 is 0. The zero-order valence-electron chi connectivity index (χ0n) is 8.85. The molecule has 0 aromatic heterocycles. The third-order valence-electron chi connectivity index (χ3n) is 3.91. The van der Waals surface area contributed by atoms with Crippen molar-refractivity contribution in [2.45, 2.75) is 63.9 Å². The predicted molar refractivity (Wildman–Crippen MR) is 47.8 cm³/mol. The molecule has 1 nitrogen and oxygen atoms in total. The molecule has 2 aliphatic carbocycles. The molecule has 0 amide bonds. The summed E-state index contributed by atoms with van der Waals surface area (Å²) in [5.74, 6) is 0. The Labute approximate surface area is 124 Å². The van der Waals surface area contributed by atoms with Crippen molar-refractivity contribution in [1.29, 1.82) is 0 Å². The van der Waals surface area contributed by atoms with E-state index in [0.717, 1.165) is 12.8 Å². The summed E-state index contributed by atoms with van der Waals surface area (Å²) in [6, 6.07) is 0. The van der Waals surface area contributed by atoms with E-state index in [1.165, 1.54) is 44.9 Å². The van der Waals surface area contributed by atoms with Gasteiger partial charge in [-0.2, -0.15) is 0 Å². The van der Waals surface area contributed by atoms with E-state index in [4.69, 9.17) is 0 Å². The molecular weight excluding hydrogens is 187 g/mol. The molecule has 70 valence electrons. The van der Waals surface area contributed by atoms with Gasteiger partial charge in [-0.3, -0.25) is 0 Å². The maximum atomic E-state index is 11.2. The first-order chi connectivity index (χ1) is 5.81. The molecule has 1 spiro atoms. The standard InChI is InChI=1S/C11H19O.K/c12-10-4-8-11(9-5-10)6-2-1-3-7-11;/h10H,1-9H2;/q-1;+1. The smallest absolute Gasteiger partial charge is 0.852 e. The van der Waals surface area contributed by atoms with E-state index < -0.39 is 0 Å². The first kappa shape index (κ1) is 12.7. The third-order valence-corrected chi connectivity index (χ3v) is 3.91. The van der Waals surface area contributed by atoms with Crippen molar-refractivity contribution >= 4 is 0 Å². The Bertz CT molecular complexity index is 142. The quantitative estimate of drug-likeness (QED) is 0.478. The van der Waals surface area contributed by atoms with Gasteiger partial charge in [-0.05, 0) is 31.1 Å². The van der Waals surface area contributed by atoms with E-state index in [1.807, 2.05) is 0 Å². The Morgan fingerprint density at radius 2 is 1.38 bits per heavy atom. The first-order valence-electron chi connectivity index (χ1n) is 5.47. The fourth-order valence-corrected chi connectivity index (χ4v) is 3.01. The Kier molecular flexibility index (Phi) is 5.47. The van der Waals surface area contributed by atoms with Gasteiger partial charge in [0, 0.05) is 0 Å². The van der Waals surface area contributed by atoms with E-state index in [2.05, 4.69) is 0 Å². The average Bonchev–Trinajstić information content (AvgIpc) is 2.13. The Balaban J connectivity index is 0.000000845. The van der Waals surface area contributed by atoms with Gasteiger partial charge < -0.3 is 5.11 Å². The molecule has 2 fully saturated rings. The maximum Gasteiger partial charge on any atom is 1.00 e. The monoisotopic (exact) mass is 206 g/mol. The van der Waals surface area contributed by atoms with Gasteiger partial charge in [0.15, 0.2) is 0 Å². The molecule has 0 saturated heterocycles. The molecule has 0 unspecified atom stereocenters. The van der Waals surface area contributed by atoms with E-state index >= 15 is 0 Å². The van der Waals surface area contributed by atoms with Crippen LogP contribution in [0.2, 0.25) is 0 Å². The molecule has 0 bridgehead atoms. The van der Waals surface area contributed by atoms with Crippen LogP contribution in [0.25, 0.3) is 0 Å². The van der Waals surface area contributed by atoms with Gasteiger partial charge in [-0.15, -0.1) is 6.10 Å². The summed E-state index contributed by atoms with van der Waals surface area (Å²) in [5, 5.41) is 11.2. The van der Waals surface area contributed by atoms with Crippen LogP contribution in [-0.4, -0.2) is 6.10 Å². The van der Waals surface area contributed by atoms with Crippen molar-refractivity contribution in [1.82, 2.24) is 0 Å². The number of hydrogen-bond donors (Lipinski definition) is 0. The minimum Gasteiger partial charge on any atom is -0.852 e. The molecule has 2 saturated carbocycles. The molecule has 0 N–H and O–H groups in total. The Morgan fingerprint density at radius 3 is 1.92 bits per heavy atom. The minimum absolute atomic E-state index is 0.